The first kappa shape index (κ1) is 13.4. The molecule has 0 heterocycles. The predicted octanol–water partition coefficient (Wildman–Crippen LogP) is 3.01. The van der Waals surface area contributed by atoms with Crippen LogP contribution in [0.1, 0.15) is 37.7 Å². The van der Waals surface area contributed by atoms with Crippen LogP contribution in [0.4, 0.5) is 5.69 Å². The van der Waals surface area contributed by atoms with E-state index in [1.165, 1.54) is 0 Å². The Hall–Kier alpha value is -2.02. The lowest BCUT2D eigenvalue weighted by molar-refractivity contribution is -0.150. The summed E-state index contributed by atoms with van der Waals surface area (Å²) in [6.07, 6.45) is 4.47. The molecule has 0 saturated heterocycles. The molecule has 19 heavy (non-hydrogen) atoms. The van der Waals surface area contributed by atoms with Crippen LogP contribution in [0.25, 0.3) is 0 Å². The molecule has 1 saturated carbocycles. The van der Waals surface area contributed by atoms with Crippen molar-refractivity contribution in [1.82, 2.24) is 0 Å². The second-order valence-electron chi connectivity index (χ2n) is 5.16. The van der Waals surface area contributed by atoms with Gasteiger partial charge in [0.1, 0.15) is 6.07 Å². The molecule has 0 spiro atoms. The second kappa shape index (κ2) is 5.75. The van der Waals surface area contributed by atoms with Crippen LogP contribution in [0.2, 0.25) is 0 Å². The van der Waals surface area contributed by atoms with Crippen LogP contribution in [0.3, 0.4) is 0 Å². The molecule has 0 unspecified atom stereocenters. The Bertz CT molecular complexity index is 499. The summed E-state index contributed by atoms with van der Waals surface area (Å²) in [6.45, 7) is 0.390. The normalized spacial score (nSPS) is 17.4. The average molecular weight is 258 g/mol. The van der Waals surface area contributed by atoms with Gasteiger partial charge in [-0.15, -0.1) is 0 Å². The SMILES string of the molecule is N#Cc1ccccc1NCC1(C(=O)O)CCCCC1. The third-order valence-corrected chi connectivity index (χ3v) is 3.93. The van der Waals surface area contributed by atoms with Crippen LogP contribution in [-0.4, -0.2) is 17.6 Å². The number of benzene rings is 1. The molecule has 0 aliphatic heterocycles. The summed E-state index contributed by atoms with van der Waals surface area (Å²) < 4.78 is 0. The van der Waals surface area contributed by atoms with Gasteiger partial charge in [0, 0.05) is 6.54 Å². The number of nitriles is 1. The lowest BCUT2D eigenvalue weighted by Crippen LogP contribution is -2.39. The van der Waals surface area contributed by atoms with Crippen LogP contribution in [0.15, 0.2) is 24.3 Å². The first-order valence-electron chi connectivity index (χ1n) is 6.64. The first-order valence-corrected chi connectivity index (χ1v) is 6.64. The van der Waals surface area contributed by atoms with Gasteiger partial charge in [-0.2, -0.15) is 5.26 Å². The highest BCUT2D eigenvalue weighted by molar-refractivity contribution is 5.76. The first-order chi connectivity index (χ1) is 9.18. The van der Waals surface area contributed by atoms with E-state index < -0.39 is 11.4 Å². The van der Waals surface area contributed by atoms with Gasteiger partial charge in [-0.25, -0.2) is 0 Å². The molecule has 1 fully saturated rings. The molecule has 4 heteroatoms. The molecule has 1 aliphatic carbocycles. The number of rotatable bonds is 4. The quantitative estimate of drug-likeness (QED) is 0.870. The minimum absolute atomic E-state index is 0.390. The fraction of sp³-hybridized carbons (Fsp3) is 0.467. The molecule has 1 aromatic carbocycles. The molecular weight excluding hydrogens is 240 g/mol. The number of nitrogens with one attached hydrogen (secondary N) is 1. The minimum Gasteiger partial charge on any atom is -0.481 e. The Labute approximate surface area is 113 Å². The summed E-state index contributed by atoms with van der Waals surface area (Å²) in [5.41, 5.74) is 0.593. The zero-order valence-electron chi connectivity index (χ0n) is 10.9. The molecule has 1 aliphatic rings. The van der Waals surface area contributed by atoms with Crippen molar-refractivity contribution >= 4 is 11.7 Å². The number of nitrogens with zero attached hydrogens (tertiary/aromatic N) is 1. The summed E-state index contributed by atoms with van der Waals surface area (Å²) in [4.78, 5) is 11.5. The number of carbonyl (C=O) groups is 1. The zero-order chi connectivity index (χ0) is 13.7. The van der Waals surface area contributed by atoms with Gasteiger partial charge in [-0.05, 0) is 25.0 Å². The summed E-state index contributed by atoms with van der Waals surface area (Å²) in [5.74, 6) is -0.728. The Morgan fingerprint density at radius 3 is 2.63 bits per heavy atom. The molecule has 0 bridgehead atoms. The standard InChI is InChI=1S/C15H18N2O2/c16-10-12-6-2-3-7-13(12)17-11-15(14(18)19)8-4-1-5-9-15/h2-3,6-7,17H,1,4-5,8-9,11H2,(H,18,19). The minimum atomic E-state index is -0.728. The summed E-state index contributed by atoms with van der Waals surface area (Å²) >= 11 is 0. The maximum absolute atomic E-state index is 11.5. The van der Waals surface area contributed by atoms with E-state index in [1.54, 1.807) is 12.1 Å². The second-order valence-corrected chi connectivity index (χ2v) is 5.16. The molecular formula is C15H18N2O2. The van der Waals surface area contributed by atoms with Crippen molar-refractivity contribution in [3.05, 3.63) is 29.8 Å². The molecule has 100 valence electrons. The lowest BCUT2D eigenvalue weighted by atomic mass is 9.74. The highest BCUT2D eigenvalue weighted by Gasteiger charge is 2.39. The molecule has 2 rings (SSSR count). The fourth-order valence-electron chi connectivity index (χ4n) is 2.69. The largest absolute Gasteiger partial charge is 0.481 e. The van der Waals surface area contributed by atoms with Gasteiger partial charge in [0.15, 0.2) is 0 Å². The summed E-state index contributed by atoms with van der Waals surface area (Å²) in [6, 6.07) is 9.31. The Morgan fingerprint density at radius 1 is 1.32 bits per heavy atom. The Kier molecular flexibility index (Phi) is 4.06. The van der Waals surface area contributed by atoms with Gasteiger partial charge >= 0.3 is 5.97 Å². The number of para-hydroxylation sites is 1. The van der Waals surface area contributed by atoms with Gasteiger partial charge in [-0.1, -0.05) is 31.4 Å². The average Bonchev–Trinajstić information content (AvgIpc) is 2.46. The van der Waals surface area contributed by atoms with E-state index in [0.29, 0.717) is 24.9 Å². The number of aliphatic carboxylic acids is 1. The molecule has 0 aromatic heterocycles. The van der Waals surface area contributed by atoms with Crippen molar-refractivity contribution in [1.29, 1.82) is 5.26 Å². The van der Waals surface area contributed by atoms with Crippen molar-refractivity contribution in [3.8, 4) is 6.07 Å². The maximum Gasteiger partial charge on any atom is 0.311 e. The fourth-order valence-corrected chi connectivity index (χ4v) is 2.69. The number of carboxylic acid groups (broad SMARTS) is 1. The van der Waals surface area contributed by atoms with Crippen LogP contribution >= 0.6 is 0 Å². The van der Waals surface area contributed by atoms with Crippen LogP contribution in [0.5, 0.6) is 0 Å². The van der Waals surface area contributed by atoms with Crippen molar-refractivity contribution in [2.24, 2.45) is 5.41 Å². The van der Waals surface area contributed by atoms with Gasteiger partial charge in [0.05, 0.1) is 16.7 Å². The van der Waals surface area contributed by atoms with Crippen molar-refractivity contribution < 1.29 is 9.90 Å². The van der Waals surface area contributed by atoms with E-state index in [-0.39, 0.29) is 0 Å². The smallest absolute Gasteiger partial charge is 0.311 e. The van der Waals surface area contributed by atoms with Crippen LogP contribution < -0.4 is 5.32 Å². The highest BCUT2D eigenvalue weighted by atomic mass is 16.4. The van der Waals surface area contributed by atoms with E-state index in [9.17, 15) is 9.90 Å². The van der Waals surface area contributed by atoms with Gasteiger partial charge in [0.2, 0.25) is 0 Å². The molecule has 2 N–H and O–H groups in total. The number of carboxylic acids is 1. The third-order valence-electron chi connectivity index (χ3n) is 3.93. The van der Waals surface area contributed by atoms with E-state index in [1.807, 2.05) is 12.1 Å². The predicted molar refractivity (Wildman–Crippen MR) is 72.8 cm³/mol. The van der Waals surface area contributed by atoms with Gasteiger partial charge in [0.25, 0.3) is 0 Å². The molecule has 0 radical (unpaired) electrons. The molecule has 4 nitrogen and oxygen atoms in total. The van der Waals surface area contributed by atoms with E-state index >= 15 is 0 Å². The molecule has 0 atom stereocenters. The molecule has 1 aromatic rings. The monoisotopic (exact) mass is 258 g/mol. The number of hydrogen-bond acceptors (Lipinski definition) is 3. The van der Waals surface area contributed by atoms with E-state index in [2.05, 4.69) is 11.4 Å². The van der Waals surface area contributed by atoms with Gasteiger partial charge in [-0.3, -0.25) is 4.79 Å². The lowest BCUT2D eigenvalue weighted by Gasteiger charge is -2.33. The Balaban J connectivity index is 2.11. The van der Waals surface area contributed by atoms with Crippen molar-refractivity contribution in [2.75, 3.05) is 11.9 Å². The third kappa shape index (κ3) is 2.87. The topological polar surface area (TPSA) is 73.1 Å². The zero-order valence-corrected chi connectivity index (χ0v) is 10.9. The van der Waals surface area contributed by atoms with E-state index in [4.69, 9.17) is 5.26 Å². The summed E-state index contributed by atoms with van der Waals surface area (Å²) in [5, 5.41) is 21.7. The van der Waals surface area contributed by atoms with Crippen molar-refractivity contribution in [3.63, 3.8) is 0 Å². The van der Waals surface area contributed by atoms with Crippen LogP contribution in [-0.2, 0) is 4.79 Å². The highest BCUT2D eigenvalue weighted by Crippen LogP contribution is 2.37. The Morgan fingerprint density at radius 2 is 2.00 bits per heavy atom. The summed E-state index contributed by atoms with van der Waals surface area (Å²) in [7, 11) is 0. The number of anilines is 1. The van der Waals surface area contributed by atoms with Crippen molar-refractivity contribution in [2.45, 2.75) is 32.1 Å². The number of hydrogen-bond donors (Lipinski definition) is 2. The van der Waals surface area contributed by atoms with Gasteiger partial charge < -0.3 is 10.4 Å². The van der Waals surface area contributed by atoms with E-state index in [0.717, 1.165) is 24.9 Å². The maximum atomic E-state index is 11.5. The molecule has 0 amide bonds. The van der Waals surface area contributed by atoms with Crippen LogP contribution in [0, 0.1) is 16.7 Å².